The molecule has 4 heteroatoms. The number of fused-ring (bicyclic) bond motifs is 1. The molecule has 3 nitrogen and oxygen atoms in total. The van der Waals surface area contributed by atoms with Gasteiger partial charge in [-0.15, -0.1) is 0 Å². The Kier molecular flexibility index (Phi) is 1.63. The van der Waals surface area contributed by atoms with Crippen LogP contribution in [0.2, 0.25) is 0 Å². The van der Waals surface area contributed by atoms with Crippen molar-refractivity contribution in [2.24, 2.45) is 16.7 Å². The van der Waals surface area contributed by atoms with E-state index < -0.39 is 10.0 Å². The van der Waals surface area contributed by atoms with Gasteiger partial charge in [-0.05, 0) is 30.6 Å². The molecule has 0 amide bonds. The van der Waals surface area contributed by atoms with Gasteiger partial charge in [-0.25, -0.2) is 12.7 Å². The van der Waals surface area contributed by atoms with Crippen molar-refractivity contribution in [3.05, 3.63) is 0 Å². The van der Waals surface area contributed by atoms with Crippen LogP contribution in [-0.2, 0) is 10.0 Å². The fourth-order valence-electron chi connectivity index (χ4n) is 4.50. The Hall–Kier alpha value is -0.0900. The number of rotatable bonds is 0. The third-order valence-corrected chi connectivity index (χ3v) is 7.72. The quantitative estimate of drug-likeness (QED) is 0.630. The average Bonchev–Trinajstić information content (AvgIpc) is 2.56. The molecule has 2 bridgehead atoms. The summed E-state index contributed by atoms with van der Waals surface area (Å²) in [7, 11) is -1.20. The molecule has 2 aliphatic carbocycles. The lowest BCUT2D eigenvalue weighted by Gasteiger charge is -2.36. The Balaban J connectivity index is 2.16. The van der Waals surface area contributed by atoms with Crippen molar-refractivity contribution < 1.29 is 8.42 Å². The molecule has 0 aromatic heterocycles. The lowest BCUT2D eigenvalue weighted by atomic mass is 9.69. The highest BCUT2D eigenvalue weighted by molar-refractivity contribution is 7.89. The molecule has 1 aliphatic heterocycles. The molecule has 3 fully saturated rings. The maximum atomic E-state index is 12.0. The van der Waals surface area contributed by atoms with E-state index in [4.69, 9.17) is 0 Å². The molecule has 0 N–H and O–H groups in total. The second-order valence-corrected chi connectivity index (χ2v) is 8.17. The Labute approximate surface area is 91.9 Å². The molecule has 86 valence electrons. The van der Waals surface area contributed by atoms with Crippen LogP contribution in [0.1, 0.15) is 33.1 Å². The highest BCUT2D eigenvalue weighted by Crippen LogP contribution is 2.69. The van der Waals surface area contributed by atoms with Gasteiger partial charge in [-0.3, -0.25) is 0 Å². The second kappa shape index (κ2) is 2.43. The molecule has 0 radical (unpaired) electrons. The number of hydrogen-bond acceptors (Lipinski definition) is 2. The molecule has 1 heterocycles. The average molecular weight is 229 g/mol. The van der Waals surface area contributed by atoms with Gasteiger partial charge in [0, 0.05) is 18.5 Å². The first-order valence-electron chi connectivity index (χ1n) is 5.77. The van der Waals surface area contributed by atoms with E-state index >= 15 is 0 Å². The number of sulfonamides is 1. The maximum absolute atomic E-state index is 12.0. The molecule has 3 aliphatic rings. The highest BCUT2D eigenvalue weighted by atomic mass is 32.2. The van der Waals surface area contributed by atoms with Crippen LogP contribution >= 0.6 is 0 Å². The molecular formula is C11H19NO2S. The van der Waals surface area contributed by atoms with Crippen LogP contribution in [0.15, 0.2) is 0 Å². The molecule has 3 atom stereocenters. The van der Waals surface area contributed by atoms with Gasteiger partial charge >= 0.3 is 0 Å². The Morgan fingerprint density at radius 1 is 1.33 bits per heavy atom. The molecule has 0 unspecified atom stereocenters. The summed E-state index contributed by atoms with van der Waals surface area (Å²) in [6, 6.07) is 0.288. The van der Waals surface area contributed by atoms with Gasteiger partial charge in [-0.1, -0.05) is 13.8 Å². The van der Waals surface area contributed by atoms with Gasteiger partial charge in [0.05, 0.1) is 5.75 Å². The van der Waals surface area contributed by atoms with Crippen molar-refractivity contribution in [1.29, 1.82) is 0 Å². The first-order chi connectivity index (χ1) is 6.81. The van der Waals surface area contributed by atoms with E-state index in [-0.39, 0.29) is 16.9 Å². The van der Waals surface area contributed by atoms with Crippen LogP contribution in [0.4, 0.5) is 0 Å². The van der Waals surface area contributed by atoms with E-state index in [0.29, 0.717) is 5.75 Å². The highest BCUT2D eigenvalue weighted by Gasteiger charge is 2.70. The third-order valence-electron chi connectivity index (χ3n) is 5.71. The third kappa shape index (κ3) is 0.897. The van der Waals surface area contributed by atoms with Crippen LogP contribution in [0.3, 0.4) is 0 Å². The van der Waals surface area contributed by atoms with Crippen LogP contribution in [-0.4, -0.2) is 31.6 Å². The van der Waals surface area contributed by atoms with Crippen molar-refractivity contribution in [1.82, 2.24) is 4.31 Å². The number of hydrogen-bond donors (Lipinski definition) is 0. The zero-order valence-corrected chi connectivity index (χ0v) is 10.5. The predicted octanol–water partition coefficient (Wildman–Crippen LogP) is 1.46. The van der Waals surface area contributed by atoms with Gasteiger partial charge in [0.25, 0.3) is 0 Å². The van der Waals surface area contributed by atoms with Gasteiger partial charge < -0.3 is 0 Å². The summed E-state index contributed by atoms with van der Waals surface area (Å²) in [4.78, 5) is 0. The summed E-state index contributed by atoms with van der Waals surface area (Å²) >= 11 is 0. The number of nitrogens with zero attached hydrogens (tertiary/aromatic N) is 1. The molecule has 2 saturated carbocycles. The largest absolute Gasteiger partial charge is 0.214 e. The summed E-state index contributed by atoms with van der Waals surface area (Å²) in [6.07, 6.45) is 3.43. The van der Waals surface area contributed by atoms with Gasteiger partial charge in [0.2, 0.25) is 10.0 Å². The predicted molar refractivity (Wildman–Crippen MR) is 58.9 cm³/mol. The molecule has 3 rings (SSSR count). The minimum Gasteiger partial charge on any atom is -0.212 e. The molecule has 15 heavy (non-hydrogen) atoms. The standard InChI is InChI=1S/C11H19NO2S/c1-10(2)8-4-5-11(10)7-15(13,14)12(3)9(11)6-8/h8-9H,4-7H2,1-3H3/t8-,9-,11+/m1/s1. The summed E-state index contributed by atoms with van der Waals surface area (Å²) in [5, 5.41) is 0. The summed E-state index contributed by atoms with van der Waals surface area (Å²) in [6.45, 7) is 4.55. The fraction of sp³-hybridized carbons (Fsp3) is 1.00. The van der Waals surface area contributed by atoms with E-state index in [2.05, 4.69) is 13.8 Å². The van der Waals surface area contributed by atoms with Crippen molar-refractivity contribution in [2.45, 2.75) is 39.2 Å². The van der Waals surface area contributed by atoms with Gasteiger partial charge in [0.1, 0.15) is 0 Å². The van der Waals surface area contributed by atoms with Gasteiger partial charge in [-0.2, -0.15) is 0 Å². The van der Waals surface area contributed by atoms with E-state index in [0.717, 1.165) is 18.8 Å². The summed E-state index contributed by atoms with van der Waals surface area (Å²) in [5.74, 6) is 1.13. The summed E-state index contributed by atoms with van der Waals surface area (Å²) in [5.41, 5.74) is 0.279. The lowest BCUT2D eigenvalue weighted by Crippen LogP contribution is -2.40. The summed E-state index contributed by atoms with van der Waals surface area (Å²) < 4.78 is 25.6. The first kappa shape index (κ1) is 10.1. The van der Waals surface area contributed by atoms with Crippen LogP contribution in [0, 0.1) is 16.7 Å². The molecule has 0 aromatic rings. The zero-order valence-electron chi connectivity index (χ0n) is 9.66. The van der Waals surface area contributed by atoms with Crippen molar-refractivity contribution in [3.8, 4) is 0 Å². The van der Waals surface area contributed by atoms with Crippen molar-refractivity contribution in [2.75, 3.05) is 12.8 Å². The minimum atomic E-state index is -2.97. The van der Waals surface area contributed by atoms with Gasteiger partial charge in [0.15, 0.2) is 0 Å². The van der Waals surface area contributed by atoms with E-state index in [1.165, 1.54) is 6.42 Å². The van der Waals surface area contributed by atoms with Crippen molar-refractivity contribution in [3.63, 3.8) is 0 Å². The van der Waals surface area contributed by atoms with E-state index in [1.54, 1.807) is 11.4 Å². The zero-order chi connectivity index (χ0) is 11.1. The molecule has 0 aromatic carbocycles. The molecular weight excluding hydrogens is 210 g/mol. The normalized spacial score (nSPS) is 50.9. The Morgan fingerprint density at radius 2 is 2.00 bits per heavy atom. The smallest absolute Gasteiger partial charge is 0.212 e. The fourth-order valence-corrected chi connectivity index (χ4v) is 6.74. The SMILES string of the molecule is CN1[C@@H]2C[C@H]3CC[C@@]2(CS1(=O)=O)C3(C)C. The van der Waals surface area contributed by atoms with E-state index in [1.807, 2.05) is 0 Å². The topological polar surface area (TPSA) is 37.4 Å². The molecule has 1 saturated heterocycles. The Bertz CT molecular complexity index is 414. The second-order valence-electron chi connectivity index (χ2n) is 6.14. The Morgan fingerprint density at radius 3 is 2.53 bits per heavy atom. The lowest BCUT2D eigenvalue weighted by molar-refractivity contribution is 0.121. The van der Waals surface area contributed by atoms with Crippen LogP contribution < -0.4 is 0 Å². The molecule has 1 spiro atoms. The monoisotopic (exact) mass is 229 g/mol. The maximum Gasteiger partial charge on any atom is 0.214 e. The van der Waals surface area contributed by atoms with Crippen LogP contribution in [0.25, 0.3) is 0 Å². The van der Waals surface area contributed by atoms with E-state index in [9.17, 15) is 8.42 Å². The van der Waals surface area contributed by atoms with Crippen LogP contribution in [0.5, 0.6) is 0 Å². The first-order valence-corrected chi connectivity index (χ1v) is 7.38. The minimum absolute atomic E-state index is 0.0608. The van der Waals surface area contributed by atoms with Crippen molar-refractivity contribution >= 4 is 10.0 Å².